The minimum atomic E-state index is -0.439. The molecule has 6 nitrogen and oxygen atoms in total. The Labute approximate surface area is 202 Å². The Hall–Kier alpha value is -2.02. The van der Waals surface area contributed by atoms with E-state index in [0.717, 1.165) is 38.2 Å². The van der Waals surface area contributed by atoms with E-state index < -0.39 is 5.91 Å². The minimum Gasteiger partial charge on any atom is -0.545 e. The molecule has 155 valence electrons. The molecule has 3 rings (SSSR count). The number of nitrogens with zero attached hydrogens (tertiary/aromatic N) is 2. The third-order valence-electron chi connectivity index (χ3n) is 4.88. The summed E-state index contributed by atoms with van der Waals surface area (Å²) in [6.07, 6.45) is 5.94. The van der Waals surface area contributed by atoms with Gasteiger partial charge in [-0.05, 0) is 49.9 Å². The molecule has 0 aliphatic carbocycles. The van der Waals surface area contributed by atoms with Crippen molar-refractivity contribution < 1.29 is 46.7 Å². The Morgan fingerprint density at radius 2 is 1.93 bits per heavy atom. The van der Waals surface area contributed by atoms with Crippen LogP contribution in [-0.2, 0) is 37.5 Å². The van der Waals surface area contributed by atoms with Crippen molar-refractivity contribution in [3.05, 3.63) is 66.6 Å². The maximum Gasteiger partial charge on any atom is 0.253 e. The summed E-state index contributed by atoms with van der Waals surface area (Å²) in [6.45, 7) is 8.45. The molecular formula is C23H25N3O3Y-2. The van der Waals surface area contributed by atoms with Crippen LogP contribution in [-0.4, -0.2) is 54.8 Å². The fourth-order valence-electron chi connectivity index (χ4n) is 3.28. The summed E-state index contributed by atoms with van der Waals surface area (Å²) in [7, 11) is 2.08. The van der Waals surface area contributed by atoms with Gasteiger partial charge in [0.05, 0.1) is 0 Å². The van der Waals surface area contributed by atoms with Crippen LogP contribution < -0.4 is 5.32 Å². The van der Waals surface area contributed by atoms with Crippen molar-refractivity contribution in [2.45, 2.75) is 13.3 Å². The summed E-state index contributed by atoms with van der Waals surface area (Å²) in [5.41, 5.74) is 2.01. The van der Waals surface area contributed by atoms with Crippen LogP contribution in [0.3, 0.4) is 0 Å². The second-order valence-electron chi connectivity index (χ2n) is 7.07. The summed E-state index contributed by atoms with van der Waals surface area (Å²) < 4.78 is 5.88. The van der Waals surface area contributed by atoms with Crippen molar-refractivity contribution in [2.24, 2.45) is 0 Å². The van der Waals surface area contributed by atoms with Gasteiger partial charge in [0.1, 0.15) is 5.76 Å². The number of rotatable bonds is 5. The van der Waals surface area contributed by atoms with Crippen LogP contribution in [0.4, 0.5) is 0 Å². The molecule has 0 atom stereocenters. The fraction of sp³-hybridized carbons (Fsp3) is 0.304. The topological polar surface area (TPSA) is 65.8 Å². The zero-order chi connectivity index (χ0) is 20.8. The first-order valence-electron chi connectivity index (χ1n) is 9.59. The van der Waals surface area contributed by atoms with Crippen molar-refractivity contribution in [3.8, 4) is 11.3 Å². The van der Waals surface area contributed by atoms with Gasteiger partial charge in [-0.15, -0.1) is 0 Å². The van der Waals surface area contributed by atoms with E-state index in [2.05, 4.69) is 36.1 Å². The van der Waals surface area contributed by atoms with E-state index in [9.17, 15) is 9.59 Å². The van der Waals surface area contributed by atoms with Crippen LogP contribution in [0.2, 0.25) is 0 Å². The van der Waals surface area contributed by atoms with Gasteiger partial charge in [0.25, 0.3) is 5.91 Å². The molecule has 2 heterocycles. The molecule has 1 aliphatic heterocycles. The predicted molar refractivity (Wildman–Crippen MR) is 111 cm³/mol. The van der Waals surface area contributed by atoms with Gasteiger partial charge in [-0.3, -0.25) is 10.9 Å². The number of hydrogen-bond donors (Lipinski definition) is 1. The summed E-state index contributed by atoms with van der Waals surface area (Å²) >= 11 is 0. The van der Waals surface area contributed by atoms with Crippen molar-refractivity contribution in [1.82, 2.24) is 15.1 Å². The molecular weight excluding hydrogens is 455 g/mol. The quantitative estimate of drug-likeness (QED) is 0.406. The molecule has 0 spiro atoms. The Balaban J connectivity index is 0.00000320. The Bertz CT molecular complexity index is 935. The van der Waals surface area contributed by atoms with Gasteiger partial charge in [-0.2, -0.15) is 18.4 Å². The van der Waals surface area contributed by atoms with Crippen molar-refractivity contribution in [2.75, 3.05) is 33.2 Å². The zero-order valence-electron chi connectivity index (χ0n) is 17.4. The molecule has 0 saturated carbocycles. The summed E-state index contributed by atoms with van der Waals surface area (Å²) in [6, 6.07) is 11.0. The standard InChI is InChI=1S/C23H25N3O3.Y/c1-4-24-22(27)15-17(2)20-9-10-21(29-20)18-7-5-8-19(16-18)23(28)26-12-6-11-25(3)13-14-26;/h5,7-10,16H,1,6,11-14H2,2-3H3,(H,24,27);/q-2;. The van der Waals surface area contributed by atoms with E-state index in [1.165, 1.54) is 0 Å². The van der Waals surface area contributed by atoms with E-state index in [4.69, 9.17) is 4.42 Å². The van der Waals surface area contributed by atoms with Gasteiger partial charge in [0.2, 0.25) is 0 Å². The van der Waals surface area contributed by atoms with Crippen molar-refractivity contribution in [1.29, 1.82) is 0 Å². The number of carbonyl (C=O) groups is 2. The van der Waals surface area contributed by atoms with Gasteiger partial charge in [-0.1, -0.05) is 25.1 Å². The fourth-order valence-corrected chi connectivity index (χ4v) is 3.28. The Kier molecular flexibility index (Phi) is 9.21. The summed E-state index contributed by atoms with van der Waals surface area (Å²) in [5.74, 6) is 0.760. The molecule has 0 bridgehead atoms. The average Bonchev–Trinajstić information content (AvgIpc) is 3.11. The third-order valence-corrected chi connectivity index (χ3v) is 4.88. The minimum absolute atomic E-state index is 0. The maximum atomic E-state index is 12.9. The van der Waals surface area contributed by atoms with E-state index in [1.54, 1.807) is 13.0 Å². The van der Waals surface area contributed by atoms with Gasteiger partial charge in [0, 0.05) is 63.5 Å². The first kappa shape index (κ1) is 24.3. The van der Waals surface area contributed by atoms with Gasteiger partial charge in [0.15, 0.2) is 0 Å². The van der Waals surface area contributed by atoms with Crippen LogP contribution in [0, 0.1) is 12.3 Å². The largest absolute Gasteiger partial charge is 0.545 e. The maximum absolute atomic E-state index is 12.9. The van der Waals surface area contributed by atoms with Crippen LogP contribution in [0.15, 0.2) is 47.4 Å². The molecule has 1 aromatic heterocycles. The van der Waals surface area contributed by atoms with Gasteiger partial charge in [-0.25, -0.2) is 0 Å². The summed E-state index contributed by atoms with van der Waals surface area (Å²) in [4.78, 5) is 28.7. The molecule has 1 fully saturated rings. The van der Waals surface area contributed by atoms with Crippen LogP contribution in [0.5, 0.6) is 0 Å². The molecule has 2 amide bonds. The van der Waals surface area contributed by atoms with Crippen LogP contribution in [0.1, 0.15) is 29.5 Å². The number of benzene rings is 1. The number of allylic oxidation sites excluding steroid dienone is 1. The van der Waals surface area contributed by atoms with E-state index in [1.807, 2.05) is 35.2 Å². The van der Waals surface area contributed by atoms with E-state index in [-0.39, 0.29) is 38.6 Å². The molecule has 2 aromatic rings. The summed E-state index contributed by atoms with van der Waals surface area (Å²) in [5, 5.41) is 2.32. The number of furan rings is 1. The molecule has 0 unspecified atom stereocenters. The molecule has 1 saturated heterocycles. The van der Waals surface area contributed by atoms with Crippen molar-refractivity contribution >= 4 is 17.4 Å². The molecule has 1 radical (unpaired) electrons. The number of amides is 2. The second kappa shape index (κ2) is 11.4. The van der Waals surface area contributed by atoms with Crippen molar-refractivity contribution in [3.63, 3.8) is 0 Å². The predicted octanol–water partition coefficient (Wildman–Crippen LogP) is 2.99. The van der Waals surface area contributed by atoms with Crippen LogP contribution >= 0.6 is 0 Å². The first-order chi connectivity index (χ1) is 14.0. The normalized spacial score (nSPS) is 15.1. The van der Waals surface area contributed by atoms with Gasteiger partial charge < -0.3 is 24.3 Å². The molecule has 1 N–H and O–H groups in total. The monoisotopic (exact) mass is 480 g/mol. The van der Waals surface area contributed by atoms with E-state index >= 15 is 0 Å². The molecule has 1 aromatic carbocycles. The SMILES string of the molecule is C=[C-]NC(=O)[C-]=C(C)c1ccc(-c2cccc(C(=O)N3CCCN(C)CC3)c2)o1.[Y]. The third kappa shape index (κ3) is 6.24. The molecule has 7 heteroatoms. The Morgan fingerprint density at radius 3 is 2.70 bits per heavy atom. The average molecular weight is 480 g/mol. The molecule has 30 heavy (non-hydrogen) atoms. The first-order valence-corrected chi connectivity index (χ1v) is 9.59. The number of likely N-dealkylation sites (N-methyl/N-ethyl adjacent to an activating group) is 1. The number of hydrogen-bond acceptors (Lipinski definition) is 4. The number of nitrogens with one attached hydrogen (secondary N) is 1. The molecule has 1 aliphatic rings. The number of carbonyl (C=O) groups excluding carboxylic acids is 2. The van der Waals surface area contributed by atoms with Crippen LogP contribution in [0.25, 0.3) is 16.9 Å². The van der Waals surface area contributed by atoms with Gasteiger partial charge >= 0.3 is 0 Å². The smallest absolute Gasteiger partial charge is 0.253 e. The zero-order valence-corrected chi connectivity index (χ0v) is 20.2. The Morgan fingerprint density at radius 1 is 1.13 bits per heavy atom. The van der Waals surface area contributed by atoms with E-state index in [0.29, 0.717) is 22.7 Å². The second-order valence-corrected chi connectivity index (χ2v) is 7.07.